The van der Waals surface area contributed by atoms with E-state index in [4.69, 9.17) is 5.73 Å². The van der Waals surface area contributed by atoms with Crippen LogP contribution >= 0.6 is 11.8 Å². The molecule has 0 bridgehead atoms. The molecule has 3 nitrogen and oxygen atoms in total. The van der Waals surface area contributed by atoms with Gasteiger partial charge in [0.15, 0.2) is 0 Å². The summed E-state index contributed by atoms with van der Waals surface area (Å²) in [5.74, 6) is 0.286. The van der Waals surface area contributed by atoms with Crippen molar-refractivity contribution >= 4 is 22.5 Å². The average Bonchev–Trinajstić information content (AvgIpc) is 2.33. The van der Waals surface area contributed by atoms with E-state index in [1.165, 1.54) is 0 Å². The van der Waals surface area contributed by atoms with Gasteiger partial charge in [-0.3, -0.25) is 4.99 Å². The molecule has 3 N–H and O–H groups in total. The fourth-order valence-electron chi connectivity index (χ4n) is 1.57. The highest BCUT2D eigenvalue weighted by Crippen LogP contribution is 2.23. The van der Waals surface area contributed by atoms with Crippen LogP contribution in [0.4, 0.5) is 0 Å². The number of phenols is 1. The Hall–Kier alpha value is -1.42. The van der Waals surface area contributed by atoms with E-state index in [0.717, 1.165) is 21.7 Å². The second-order valence-corrected chi connectivity index (χ2v) is 4.57. The summed E-state index contributed by atoms with van der Waals surface area (Å²) < 4.78 is 0. The zero-order valence-corrected chi connectivity index (χ0v) is 11.4. The van der Waals surface area contributed by atoms with Crippen molar-refractivity contribution in [3.8, 4) is 5.75 Å². The summed E-state index contributed by atoms with van der Waals surface area (Å²) in [5, 5.41) is 10.4. The molecular formula is C13H18N2OS. The summed E-state index contributed by atoms with van der Waals surface area (Å²) in [6, 6.07) is 5.35. The number of benzene rings is 1. The molecule has 0 saturated heterocycles. The van der Waals surface area contributed by atoms with E-state index < -0.39 is 0 Å². The second-order valence-electron chi connectivity index (χ2n) is 3.77. The summed E-state index contributed by atoms with van der Waals surface area (Å²) >= 11 is 1.57. The summed E-state index contributed by atoms with van der Waals surface area (Å²) in [5.41, 5.74) is 9.50. The van der Waals surface area contributed by atoms with Crippen LogP contribution in [0.5, 0.6) is 5.75 Å². The number of nitrogens with zero attached hydrogens (tertiary/aromatic N) is 1. The largest absolute Gasteiger partial charge is 0.508 e. The molecule has 0 aliphatic heterocycles. The summed E-state index contributed by atoms with van der Waals surface area (Å²) in [7, 11) is 1.75. The lowest BCUT2D eigenvalue weighted by Crippen LogP contribution is -2.05. The summed E-state index contributed by atoms with van der Waals surface area (Å²) in [6.07, 6.45) is 1.97. The Kier molecular flexibility index (Phi) is 4.63. The maximum Gasteiger partial charge on any atom is 0.118 e. The van der Waals surface area contributed by atoms with Gasteiger partial charge in [-0.1, -0.05) is 0 Å². The topological polar surface area (TPSA) is 58.6 Å². The molecule has 0 heterocycles. The summed E-state index contributed by atoms with van der Waals surface area (Å²) in [6.45, 7) is 3.81. The molecular weight excluding hydrogens is 232 g/mol. The molecule has 4 heteroatoms. The molecule has 0 saturated carbocycles. The number of phenolic OH excluding ortho intramolecular Hbond substituents is 1. The highest BCUT2D eigenvalue weighted by Gasteiger charge is 2.08. The number of hydrogen-bond donors (Lipinski definition) is 2. The van der Waals surface area contributed by atoms with Crippen molar-refractivity contribution in [3.63, 3.8) is 0 Å². The smallest absolute Gasteiger partial charge is 0.118 e. The third-order valence-electron chi connectivity index (χ3n) is 2.63. The minimum atomic E-state index is 0.286. The van der Waals surface area contributed by atoms with Crippen LogP contribution in [0.1, 0.15) is 18.1 Å². The van der Waals surface area contributed by atoms with E-state index in [1.807, 2.05) is 32.2 Å². The number of thioether (sulfide) groups is 1. The quantitative estimate of drug-likeness (QED) is 0.627. The SMILES string of the molecule is CN=C(SC)C(C)=C(N)c1ccc(O)c(C)c1. The molecule has 1 rings (SSSR count). The van der Waals surface area contributed by atoms with Gasteiger partial charge >= 0.3 is 0 Å². The zero-order chi connectivity index (χ0) is 13.0. The van der Waals surface area contributed by atoms with Crippen molar-refractivity contribution in [3.05, 3.63) is 34.9 Å². The minimum absolute atomic E-state index is 0.286. The number of aliphatic imine (C=N–C) groups is 1. The Morgan fingerprint density at radius 1 is 1.41 bits per heavy atom. The first kappa shape index (κ1) is 13.6. The van der Waals surface area contributed by atoms with Gasteiger partial charge in [-0.05, 0) is 49.4 Å². The maximum atomic E-state index is 9.48. The lowest BCUT2D eigenvalue weighted by molar-refractivity contribution is 0.471. The Labute approximate surface area is 106 Å². The van der Waals surface area contributed by atoms with Gasteiger partial charge in [-0.2, -0.15) is 0 Å². The second kappa shape index (κ2) is 5.77. The molecule has 17 heavy (non-hydrogen) atoms. The van der Waals surface area contributed by atoms with Gasteiger partial charge in [0, 0.05) is 18.3 Å². The van der Waals surface area contributed by atoms with Crippen molar-refractivity contribution in [2.75, 3.05) is 13.3 Å². The number of aryl methyl sites for hydroxylation is 1. The molecule has 0 aliphatic carbocycles. The molecule has 0 amide bonds. The predicted octanol–water partition coefficient (Wildman–Crippen LogP) is 2.78. The van der Waals surface area contributed by atoms with Crippen LogP contribution in [-0.2, 0) is 0 Å². The molecule has 0 fully saturated rings. The zero-order valence-electron chi connectivity index (χ0n) is 10.6. The van der Waals surface area contributed by atoms with Gasteiger partial charge in [0.05, 0.1) is 5.04 Å². The van der Waals surface area contributed by atoms with Crippen LogP contribution in [0.2, 0.25) is 0 Å². The number of rotatable bonds is 2. The Balaban J connectivity index is 3.23. The highest BCUT2D eigenvalue weighted by molar-refractivity contribution is 8.13. The molecule has 0 atom stereocenters. The molecule has 1 aromatic rings. The molecule has 0 aromatic heterocycles. The lowest BCUT2D eigenvalue weighted by atomic mass is 10.1. The van der Waals surface area contributed by atoms with Gasteiger partial charge in [-0.15, -0.1) is 11.8 Å². The molecule has 0 aliphatic rings. The van der Waals surface area contributed by atoms with E-state index in [1.54, 1.807) is 24.9 Å². The first-order valence-electron chi connectivity index (χ1n) is 5.28. The lowest BCUT2D eigenvalue weighted by Gasteiger charge is -2.10. The molecule has 0 spiro atoms. The fourth-order valence-corrected chi connectivity index (χ4v) is 2.17. The van der Waals surface area contributed by atoms with Gasteiger partial charge in [0.1, 0.15) is 5.75 Å². The predicted molar refractivity (Wildman–Crippen MR) is 76.5 cm³/mol. The monoisotopic (exact) mass is 250 g/mol. The Morgan fingerprint density at radius 2 is 2.06 bits per heavy atom. The minimum Gasteiger partial charge on any atom is -0.508 e. The first-order valence-corrected chi connectivity index (χ1v) is 6.51. The van der Waals surface area contributed by atoms with Gasteiger partial charge < -0.3 is 10.8 Å². The van der Waals surface area contributed by atoms with Crippen LogP contribution in [0.15, 0.2) is 28.8 Å². The molecule has 0 radical (unpaired) electrons. The average molecular weight is 250 g/mol. The summed E-state index contributed by atoms with van der Waals surface area (Å²) in [4.78, 5) is 4.19. The third kappa shape index (κ3) is 3.03. The van der Waals surface area contributed by atoms with E-state index in [-0.39, 0.29) is 5.75 Å². The van der Waals surface area contributed by atoms with Crippen LogP contribution in [0, 0.1) is 6.92 Å². The normalized spacial score (nSPS) is 13.5. The van der Waals surface area contributed by atoms with E-state index >= 15 is 0 Å². The fraction of sp³-hybridized carbons (Fsp3) is 0.308. The number of hydrogen-bond acceptors (Lipinski definition) is 4. The maximum absolute atomic E-state index is 9.48. The molecule has 0 unspecified atom stereocenters. The van der Waals surface area contributed by atoms with Crippen molar-refractivity contribution in [1.29, 1.82) is 0 Å². The van der Waals surface area contributed by atoms with Gasteiger partial charge in [-0.25, -0.2) is 0 Å². The van der Waals surface area contributed by atoms with Crippen molar-refractivity contribution in [1.82, 2.24) is 0 Å². The Morgan fingerprint density at radius 3 is 2.53 bits per heavy atom. The van der Waals surface area contributed by atoms with Gasteiger partial charge in [0.2, 0.25) is 0 Å². The number of nitrogens with two attached hydrogens (primary N) is 1. The van der Waals surface area contributed by atoms with Crippen molar-refractivity contribution in [2.45, 2.75) is 13.8 Å². The van der Waals surface area contributed by atoms with Crippen LogP contribution in [-0.4, -0.2) is 23.5 Å². The van der Waals surface area contributed by atoms with E-state index in [2.05, 4.69) is 4.99 Å². The van der Waals surface area contributed by atoms with Crippen LogP contribution in [0.3, 0.4) is 0 Å². The molecule has 1 aromatic carbocycles. The standard InChI is InChI=1S/C13H18N2OS/c1-8-7-10(5-6-11(8)16)12(14)9(2)13(15-3)17-4/h5-7,16H,14H2,1-4H3. The highest BCUT2D eigenvalue weighted by atomic mass is 32.2. The van der Waals surface area contributed by atoms with E-state index in [0.29, 0.717) is 5.70 Å². The number of aromatic hydroxyl groups is 1. The first-order chi connectivity index (χ1) is 8.01. The van der Waals surface area contributed by atoms with Crippen LogP contribution in [0.25, 0.3) is 5.70 Å². The van der Waals surface area contributed by atoms with Crippen LogP contribution < -0.4 is 5.73 Å². The third-order valence-corrected chi connectivity index (χ3v) is 3.50. The van der Waals surface area contributed by atoms with Crippen molar-refractivity contribution < 1.29 is 5.11 Å². The van der Waals surface area contributed by atoms with Gasteiger partial charge in [0.25, 0.3) is 0 Å². The Bertz CT molecular complexity index is 478. The van der Waals surface area contributed by atoms with E-state index in [9.17, 15) is 5.11 Å². The molecule has 92 valence electrons. The van der Waals surface area contributed by atoms with Crippen molar-refractivity contribution in [2.24, 2.45) is 10.7 Å².